The first kappa shape index (κ1) is 16.2. The van der Waals surface area contributed by atoms with E-state index in [0.29, 0.717) is 17.2 Å². The van der Waals surface area contributed by atoms with E-state index in [-0.39, 0.29) is 22.7 Å². The van der Waals surface area contributed by atoms with E-state index in [1.165, 1.54) is 30.1 Å². The van der Waals surface area contributed by atoms with Crippen LogP contribution >= 0.6 is 11.8 Å². The van der Waals surface area contributed by atoms with Crippen LogP contribution < -0.4 is 5.32 Å². The van der Waals surface area contributed by atoms with Crippen molar-refractivity contribution in [2.24, 2.45) is 10.2 Å². The van der Waals surface area contributed by atoms with E-state index < -0.39 is 0 Å². The van der Waals surface area contributed by atoms with Gasteiger partial charge in [-0.05, 0) is 36.2 Å². The Kier molecular flexibility index (Phi) is 4.90. The molecule has 1 aliphatic rings. The maximum absolute atomic E-state index is 12.9. The van der Waals surface area contributed by atoms with Crippen LogP contribution in [0.1, 0.15) is 11.1 Å². The van der Waals surface area contributed by atoms with Gasteiger partial charge < -0.3 is 10.4 Å². The van der Waals surface area contributed by atoms with Crippen LogP contribution in [0.3, 0.4) is 0 Å². The zero-order valence-corrected chi connectivity index (χ0v) is 13.3. The molecule has 0 aromatic heterocycles. The number of hydrogen-bond acceptors (Lipinski definition) is 5. The molecule has 122 valence electrons. The summed E-state index contributed by atoms with van der Waals surface area (Å²) >= 11 is 1.28. The normalized spacial score (nSPS) is 19.1. The third kappa shape index (κ3) is 3.99. The molecule has 3 rings (SSSR count). The predicted octanol–water partition coefficient (Wildman–Crippen LogP) is 2.70. The standard InChI is InChI=1S/C17H14FN3O2S/c18-13-7-5-11(6-8-13)9-15-16(23)20-17(24-15)21-19-10-12-3-1-2-4-14(12)22/h1-8,10,15,22H,9H2,(H,20,21,23)/b19-10-/t15-/m1/s1. The van der Waals surface area contributed by atoms with Crippen molar-refractivity contribution >= 4 is 29.1 Å². The van der Waals surface area contributed by atoms with Crippen LogP contribution in [-0.2, 0) is 11.2 Å². The number of nitrogens with zero attached hydrogens (tertiary/aromatic N) is 2. The third-order valence-electron chi connectivity index (χ3n) is 3.39. The molecule has 0 aliphatic carbocycles. The number of amidine groups is 1. The molecule has 24 heavy (non-hydrogen) atoms. The smallest absolute Gasteiger partial charge is 0.239 e. The van der Waals surface area contributed by atoms with Gasteiger partial charge >= 0.3 is 0 Å². The number of phenolic OH excluding ortho intramolecular Hbond substituents is 1. The van der Waals surface area contributed by atoms with Crippen LogP contribution in [0.4, 0.5) is 4.39 Å². The number of aromatic hydroxyl groups is 1. The van der Waals surface area contributed by atoms with Crippen molar-refractivity contribution in [2.75, 3.05) is 0 Å². The summed E-state index contributed by atoms with van der Waals surface area (Å²) in [7, 11) is 0. The summed E-state index contributed by atoms with van der Waals surface area (Å²) < 4.78 is 12.9. The van der Waals surface area contributed by atoms with E-state index in [9.17, 15) is 14.3 Å². The molecule has 5 nitrogen and oxygen atoms in total. The Labute approximate surface area is 142 Å². The van der Waals surface area contributed by atoms with E-state index in [2.05, 4.69) is 15.5 Å². The Bertz CT molecular complexity index is 806. The van der Waals surface area contributed by atoms with Gasteiger partial charge in [0.05, 0.1) is 11.5 Å². The average Bonchev–Trinajstić information content (AvgIpc) is 2.91. The number of para-hydroxylation sites is 1. The van der Waals surface area contributed by atoms with Crippen molar-refractivity contribution in [1.29, 1.82) is 0 Å². The molecule has 2 aromatic carbocycles. The second-order valence-corrected chi connectivity index (χ2v) is 6.33. The predicted molar refractivity (Wildman–Crippen MR) is 92.8 cm³/mol. The third-order valence-corrected chi connectivity index (χ3v) is 4.47. The van der Waals surface area contributed by atoms with Gasteiger partial charge in [0.15, 0.2) is 5.17 Å². The molecule has 1 heterocycles. The fourth-order valence-electron chi connectivity index (χ4n) is 2.16. The SMILES string of the molecule is O=C1NC(=N/N=C\c2ccccc2O)S[C@@H]1Cc1ccc(F)cc1. The van der Waals surface area contributed by atoms with Crippen molar-refractivity contribution in [2.45, 2.75) is 11.7 Å². The molecule has 1 fully saturated rings. The molecule has 1 amide bonds. The van der Waals surface area contributed by atoms with Crippen molar-refractivity contribution in [3.05, 3.63) is 65.5 Å². The number of halogens is 1. The van der Waals surface area contributed by atoms with Gasteiger partial charge in [-0.2, -0.15) is 5.10 Å². The van der Waals surface area contributed by atoms with Gasteiger partial charge in [0, 0.05) is 5.56 Å². The van der Waals surface area contributed by atoms with Crippen molar-refractivity contribution in [1.82, 2.24) is 5.32 Å². The second-order valence-electron chi connectivity index (χ2n) is 5.13. The Morgan fingerprint density at radius 3 is 2.71 bits per heavy atom. The highest BCUT2D eigenvalue weighted by molar-refractivity contribution is 8.15. The number of carbonyl (C=O) groups is 1. The van der Waals surface area contributed by atoms with E-state index in [1.807, 2.05) is 0 Å². The topological polar surface area (TPSA) is 74.0 Å². The van der Waals surface area contributed by atoms with E-state index in [0.717, 1.165) is 5.56 Å². The van der Waals surface area contributed by atoms with Crippen LogP contribution in [-0.4, -0.2) is 27.6 Å². The Morgan fingerprint density at radius 2 is 1.96 bits per heavy atom. The summed E-state index contributed by atoms with van der Waals surface area (Å²) in [4.78, 5) is 12.0. The zero-order valence-electron chi connectivity index (χ0n) is 12.5. The number of carbonyl (C=O) groups excluding carboxylic acids is 1. The Hall–Kier alpha value is -2.67. The Morgan fingerprint density at radius 1 is 1.21 bits per heavy atom. The summed E-state index contributed by atoms with van der Waals surface area (Å²) in [5, 5.41) is 20.2. The minimum atomic E-state index is -0.325. The molecule has 0 spiro atoms. The van der Waals surface area contributed by atoms with Gasteiger partial charge in [0.25, 0.3) is 0 Å². The van der Waals surface area contributed by atoms with Gasteiger partial charge in [0.1, 0.15) is 11.6 Å². The lowest BCUT2D eigenvalue weighted by molar-refractivity contribution is -0.118. The highest BCUT2D eigenvalue weighted by Crippen LogP contribution is 2.23. The quantitative estimate of drug-likeness (QED) is 0.662. The molecule has 0 saturated carbocycles. The maximum Gasteiger partial charge on any atom is 0.239 e. The van der Waals surface area contributed by atoms with Crippen LogP contribution in [0.15, 0.2) is 58.7 Å². The van der Waals surface area contributed by atoms with E-state index in [1.54, 1.807) is 36.4 Å². The molecular formula is C17H14FN3O2S. The molecule has 0 radical (unpaired) electrons. The fraction of sp³-hybridized carbons (Fsp3) is 0.118. The molecule has 0 bridgehead atoms. The van der Waals surface area contributed by atoms with Crippen molar-refractivity contribution in [3.8, 4) is 5.75 Å². The molecule has 2 N–H and O–H groups in total. The molecule has 1 atom stereocenters. The monoisotopic (exact) mass is 343 g/mol. The fourth-order valence-corrected chi connectivity index (χ4v) is 3.13. The number of amides is 1. The molecular weight excluding hydrogens is 329 g/mol. The first-order valence-corrected chi connectivity index (χ1v) is 8.11. The molecule has 0 unspecified atom stereocenters. The molecule has 1 aliphatic heterocycles. The number of hydrogen-bond donors (Lipinski definition) is 2. The van der Waals surface area contributed by atoms with Crippen LogP contribution in [0.2, 0.25) is 0 Å². The zero-order chi connectivity index (χ0) is 16.9. The minimum Gasteiger partial charge on any atom is -0.507 e. The number of thioether (sulfide) groups is 1. The average molecular weight is 343 g/mol. The molecule has 2 aromatic rings. The number of nitrogens with one attached hydrogen (secondary N) is 1. The Balaban J connectivity index is 1.63. The number of rotatable bonds is 4. The lowest BCUT2D eigenvalue weighted by atomic mass is 10.1. The van der Waals surface area contributed by atoms with Gasteiger partial charge in [-0.25, -0.2) is 4.39 Å². The summed E-state index contributed by atoms with van der Waals surface area (Å²) in [6.45, 7) is 0. The van der Waals surface area contributed by atoms with Crippen LogP contribution in [0, 0.1) is 5.82 Å². The molecule has 1 saturated heterocycles. The lowest BCUT2D eigenvalue weighted by Crippen LogP contribution is -2.25. The summed E-state index contributed by atoms with van der Waals surface area (Å²) in [5.41, 5.74) is 1.42. The molecule has 7 heteroatoms. The highest BCUT2D eigenvalue weighted by Gasteiger charge is 2.30. The lowest BCUT2D eigenvalue weighted by Gasteiger charge is -2.04. The van der Waals surface area contributed by atoms with E-state index >= 15 is 0 Å². The summed E-state index contributed by atoms with van der Waals surface area (Å²) in [5.74, 6) is -0.345. The number of benzene rings is 2. The highest BCUT2D eigenvalue weighted by atomic mass is 32.2. The minimum absolute atomic E-state index is 0.110. The van der Waals surface area contributed by atoms with Gasteiger partial charge in [-0.15, -0.1) is 5.10 Å². The first-order valence-electron chi connectivity index (χ1n) is 7.23. The first-order chi connectivity index (χ1) is 11.6. The second kappa shape index (κ2) is 7.27. The van der Waals surface area contributed by atoms with Crippen LogP contribution in [0.25, 0.3) is 0 Å². The van der Waals surface area contributed by atoms with Crippen molar-refractivity contribution in [3.63, 3.8) is 0 Å². The summed E-state index contributed by atoms with van der Waals surface area (Å²) in [6.07, 6.45) is 1.90. The maximum atomic E-state index is 12.9. The number of phenols is 1. The summed E-state index contributed by atoms with van der Waals surface area (Å²) in [6, 6.07) is 12.8. The van der Waals surface area contributed by atoms with Crippen LogP contribution in [0.5, 0.6) is 5.75 Å². The van der Waals surface area contributed by atoms with Gasteiger partial charge in [-0.1, -0.05) is 36.0 Å². The van der Waals surface area contributed by atoms with E-state index in [4.69, 9.17) is 0 Å². The van der Waals surface area contributed by atoms with Gasteiger partial charge in [0.2, 0.25) is 5.91 Å². The van der Waals surface area contributed by atoms with Gasteiger partial charge in [-0.3, -0.25) is 4.79 Å². The largest absolute Gasteiger partial charge is 0.507 e. The van der Waals surface area contributed by atoms with Crippen molar-refractivity contribution < 1.29 is 14.3 Å².